The van der Waals surface area contributed by atoms with Crippen LogP contribution < -0.4 is 42.8 Å². The Bertz CT molecular complexity index is 2820. The number of nitrogens with two attached hydrogens (primary N) is 2. The highest BCUT2D eigenvalue weighted by atomic mass is 32.1. The minimum absolute atomic E-state index is 0.00132. The van der Waals surface area contributed by atoms with Gasteiger partial charge in [0, 0.05) is 76.5 Å². The number of aliphatic carboxylic acids is 1. The molecule has 2 aromatic carbocycles. The van der Waals surface area contributed by atoms with Gasteiger partial charge >= 0.3 is 24.2 Å². The van der Waals surface area contributed by atoms with Crippen molar-refractivity contribution in [2.45, 2.75) is 182 Å². The van der Waals surface area contributed by atoms with E-state index in [1.165, 1.54) is 35.2 Å². The number of anilines is 1. The second-order valence-electron chi connectivity index (χ2n) is 24.6. The third kappa shape index (κ3) is 25.0. The summed E-state index contributed by atoms with van der Waals surface area (Å²) in [6.45, 7) is 19.4. The van der Waals surface area contributed by atoms with Crippen molar-refractivity contribution < 1.29 is 62.5 Å². The number of nitrogens with zero attached hydrogens (tertiary/aromatic N) is 5. The smallest absolute Gasteiger partial charge is 0.415 e. The van der Waals surface area contributed by atoms with Crippen molar-refractivity contribution in [1.82, 2.24) is 45.9 Å². The van der Waals surface area contributed by atoms with Gasteiger partial charge in [0.25, 0.3) is 5.91 Å². The normalized spacial score (nSPS) is 16.0. The molecule has 1 aromatic heterocycles. The number of hydrogen-bond acceptors (Lipinski definition) is 16. The van der Waals surface area contributed by atoms with Gasteiger partial charge in [-0.2, -0.15) is 0 Å². The SMILES string of the molecule is CCCO[C@H](C[C@H](C(C)C)N(CCC)C(=O)[C@@H](NC(=O)[C@H]1CCCCN1C)[C@@H](C)CC)c1nc(C(=O)N[C@@H](Cc2ccc(OC(=O)N(C)CCN(C)C(=O)OCc3ccc(NC(=O)[C@@H](CCCNC(N)=O)NC(=O)[C@H](N)C(C)C)cc3)cc2)C[C@H](C)C(=O)O)cs1. The van der Waals surface area contributed by atoms with Gasteiger partial charge in [-0.25, -0.2) is 19.4 Å². The minimum atomic E-state index is -1.02. The highest BCUT2D eigenvalue weighted by Crippen LogP contribution is 2.32. The van der Waals surface area contributed by atoms with Crippen molar-refractivity contribution in [2.24, 2.45) is 35.1 Å². The number of carbonyl (C=O) groups is 9. The summed E-state index contributed by atoms with van der Waals surface area (Å²) in [4.78, 5) is 129. The number of likely N-dealkylation sites (tertiary alicyclic amines) is 1. The first kappa shape index (κ1) is 76.0. The zero-order chi connectivity index (χ0) is 67.5. The molecule has 9 amide bonds. The fourth-order valence-corrected chi connectivity index (χ4v) is 11.2. The Morgan fingerprint density at radius 3 is 2.05 bits per heavy atom. The predicted molar refractivity (Wildman–Crippen MR) is 349 cm³/mol. The van der Waals surface area contributed by atoms with Gasteiger partial charge in [-0.05, 0) is 118 Å². The molecule has 1 aliphatic rings. The molecule has 25 nitrogen and oxygen atoms in total. The number of carboxylic acids is 1. The summed E-state index contributed by atoms with van der Waals surface area (Å²) in [7, 11) is 5.00. The van der Waals surface area contributed by atoms with Crippen molar-refractivity contribution in [3.63, 3.8) is 0 Å². The summed E-state index contributed by atoms with van der Waals surface area (Å²) in [5, 5.41) is 26.3. The molecule has 0 bridgehead atoms. The van der Waals surface area contributed by atoms with Crippen molar-refractivity contribution in [3.05, 3.63) is 75.7 Å². The van der Waals surface area contributed by atoms with E-state index in [1.807, 2.05) is 39.6 Å². The summed E-state index contributed by atoms with van der Waals surface area (Å²) >= 11 is 1.28. The number of carbonyl (C=O) groups excluding carboxylic acids is 8. The van der Waals surface area contributed by atoms with E-state index in [4.69, 9.17) is 30.7 Å². The molecule has 4 rings (SSSR count). The van der Waals surface area contributed by atoms with E-state index < -0.39 is 78.1 Å². The second kappa shape index (κ2) is 38.4. The fourth-order valence-electron chi connectivity index (χ4n) is 10.4. The molecule has 0 aliphatic carbocycles. The van der Waals surface area contributed by atoms with Crippen LogP contribution in [0.3, 0.4) is 0 Å². The molecule has 3 aromatic rings. The summed E-state index contributed by atoms with van der Waals surface area (Å²) < 4.78 is 17.6. The van der Waals surface area contributed by atoms with Crippen molar-refractivity contribution in [2.75, 3.05) is 65.8 Å². The fraction of sp³-hybridized carbons (Fsp3) is 0.631. The van der Waals surface area contributed by atoms with Crippen LogP contribution in [-0.2, 0) is 46.5 Å². The van der Waals surface area contributed by atoms with E-state index >= 15 is 0 Å². The van der Waals surface area contributed by atoms with E-state index in [0.29, 0.717) is 55.1 Å². The number of primary amides is 1. The number of hydrogen-bond donors (Lipinski definition) is 8. The number of benzene rings is 2. The van der Waals surface area contributed by atoms with E-state index in [-0.39, 0.29) is 98.6 Å². The Labute approximate surface area is 541 Å². The number of thiazole rings is 1. The van der Waals surface area contributed by atoms with Gasteiger partial charge in [-0.3, -0.25) is 33.7 Å². The van der Waals surface area contributed by atoms with E-state index in [2.05, 4.69) is 45.3 Å². The number of nitrogens with one attached hydrogen (secondary N) is 5. The molecule has 91 heavy (non-hydrogen) atoms. The van der Waals surface area contributed by atoms with Crippen LogP contribution >= 0.6 is 11.3 Å². The van der Waals surface area contributed by atoms with Gasteiger partial charge in [-0.1, -0.05) is 99.4 Å². The van der Waals surface area contributed by atoms with Gasteiger partial charge in [0.2, 0.25) is 23.6 Å². The Hall–Kier alpha value is -7.42. The van der Waals surface area contributed by atoms with Crippen LogP contribution in [0.25, 0.3) is 0 Å². The predicted octanol–water partition coefficient (Wildman–Crippen LogP) is 7.29. The highest BCUT2D eigenvalue weighted by Gasteiger charge is 2.39. The van der Waals surface area contributed by atoms with E-state index in [0.717, 1.165) is 37.8 Å². The lowest BCUT2D eigenvalue weighted by Gasteiger charge is -2.40. The number of ether oxygens (including phenoxy) is 3. The Morgan fingerprint density at radius 1 is 0.802 bits per heavy atom. The third-order valence-electron chi connectivity index (χ3n) is 16.4. The van der Waals surface area contributed by atoms with Crippen LogP contribution in [-0.4, -0.2) is 180 Å². The van der Waals surface area contributed by atoms with Crippen LogP contribution in [0.1, 0.15) is 159 Å². The molecule has 1 aliphatic heterocycles. The standard InChI is InChI=1S/C65H102N12O13S/c1-13-30-77(61(82)55(42(8)15-3)73-58(80)51-20-16-17-31-74(51)10)52(40(4)5)37-53(88-34-14-2)60-72-50(39-91-60)57(79)70-47(35-43(9)62(83)84)36-44-23-27-48(28-24-44)90-65(87)76(12)33-32-75(11)64(86)89-38-45-21-25-46(26-22-45)69-56(78)49(19-18-29-68-63(67)85)71-59(81)54(66)41(6)7/h21-28,39-43,47,49,51-55H,13-20,29-38,66H2,1-12H3,(H,69,78)(H,70,79)(H,71,81)(H,73,80)(H,83,84)(H3,67,68,85)/t42-,43-,47+,49+,51+,52+,53+,54+,55-/m0/s1. The maximum atomic E-state index is 14.8. The van der Waals surface area contributed by atoms with Gasteiger partial charge in [-0.15, -0.1) is 11.3 Å². The Balaban J connectivity index is 1.34. The van der Waals surface area contributed by atoms with Crippen molar-refractivity contribution in [3.8, 4) is 5.75 Å². The zero-order valence-electron chi connectivity index (χ0n) is 55.4. The molecule has 9 atom stereocenters. The van der Waals surface area contributed by atoms with Gasteiger partial charge in [0.15, 0.2) is 0 Å². The molecule has 10 N–H and O–H groups in total. The molecule has 0 unspecified atom stereocenters. The third-order valence-corrected chi connectivity index (χ3v) is 17.3. The average Bonchev–Trinajstić information content (AvgIpc) is 2.54. The number of urea groups is 1. The van der Waals surface area contributed by atoms with Crippen LogP contribution in [0, 0.1) is 23.7 Å². The molecule has 0 radical (unpaired) electrons. The number of aromatic nitrogens is 1. The molecule has 0 saturated carbocycles. The molecular formula is C65H102N12O13S. The van der Waals surface area contributed by atoms with E-state index in [9.17, 15) is 48.3 Å². The first-order chi connectivity index (χ1) is 43.2. The largest absolute Gasteiger partial charge is 0.481 e. The van der Waals surface area contributed by atoms with Crippen molar-refractivity contribution >= 4 is 70.7 Å². The number of carboxylic acid groups (broad SMARTS) is 1. The Kier molecular flexibility index (Phi) is 32.1. The van der Waals surface area contributed by atoms with Gasteiger partial charge < -0.3 is 72.1 Å². The number of amides is 9. The van der Waals surface area contributed by atoms with Crippen LogP contribution in [0.2, 0.25) is 0 Å². The zero-order valence-corrected chi connectivity index (χ0v) is 56.2. The quantitative estimate of drug-likeness (QED) is 0.0263. The lowest BCUT2D eigenvalue weighted by Crippen LogP contribution is -2.58. The number of likely N-dealkylation sites (N-methyl/N-ethyl adjacent to an activating group) is 3. The Morgan fingerprint density at radius 2 is 1.46 bits per heavy atom. The summed E-state index contributed by atoms with van der Waals surface area (Å²) in [6.07, 6.45) is 4.26. The molecule has 2 heterocycles. The summed E-state index contributed by atoms with van der Waals surface area (Å²) in [5.41, 5.74) is 13.1. The molecule has 1 saturated heterocycles. The topological polar surface area (TPSA) is 340 Å². The molecule has 506 valence electrons. The maximum absolute atomic E-state index is 14.8. The summed E-state index contributed by atoms with van der Waals surface area (Å²) in [6, 6.07) is 8.80. The molecule has 1 fully saturated rings. The molecular weight excluding hydrogens is 1190 g/mol. The second-order valence-corrected chi connectivity index (χ2v) is 25.5. The van der Waals surface area contributed by atoms with Gasteiger partial charge in [0.1, 0.15) is 41.2 Å². The average molecular weight is 1290 g/mol. The number of piperidine rings is 1. The van der Waals surface area contributed by atoms with Crippen LogP contribution in [0.15, 0.2) is 53.9 Å². The van der Waals surface area contributed by atoms with Gasteiger partial charge in [0.05, 0.1) is 18.0 Å². The van der Waals surface area contributed by atoms with Crippen molar-refractivity contribution in [1.29, 1.82) is 0 Å². The maximum Gasteiger partial charge on any atom is 0.415 e. The monoisotopic (exact) mass is 1290 g/mol. The van der Waals surface area contributed by atoms with Crippen LogP contribution in [0.5, 0.6) is 5.75 Å². The molecule has 0 spiro atoms. The van der Waals surface area contributed by atoms with E-state index in [1.54, 1.807) is 74.7 Å². The first-order valence-electron chi connectivity index (χ1n) is 32.0. The lowest BCUT2D eigenvalue weighted by molar-refractivity contribution is -0.143. The summed E-state index contributed by atoms with van der Waals surface area (Å²) in [5.74, 6) is -3.59. The molecule has 26 heteroatoms. The van der Waals surface area contributed by atoms with Crippen LogP contribution in [0.4, 0.5) is 20.1 Å². The lowest BCUT2D eigenvalue weighted by atomic mass is 9.92. The minimum Gasteiger partial charge on any atom is -0.481 e. The highest BCUT2D eigenvalue weighted by molar-refractivity contribution is 7.09. The first-order valence-corrected chi connectivity index (χ1v) is 32.9. The number of rotatable bonds is 37.